The monoisotopic (exact) mass is 293 g/mol. The smallest absolute Gasteiger partial charge is 0.220 e. The van der Waals surface area contributed by atoms with Crippen molar-refractivity contribution in [2.24, 2.45) is 11.7 Å². The normalized spacial score (nSPS) is 13.5. The summed E-state index contributed by atoms with van der Waals surface area (Å²) in [6.07, 6.45) is 3.15. The third kappa shape index (κ3) is 8.18. The van der Waals surface area contributed by atoms with Crippen molar-refractivity contribution in [1.29, 1.82) is 0 Å². The van der Waals surface area contributed by atoms with E-state index in [1.54, 1.807) is 6.92 Å². The fourth-order valence-electron chi connectivity index (χ4n) is 1.77. The number of nitrogens with one attached hydrogen (secondary N) is 1. The van der Waals surface area contributed by atoms with Gasteiger partial charge in [-0.2, -0.15) is 0 Å². The van der Waals surface area contributed by atoms with Crippen molar-refractivity contribution >= 4 is 15.9 Å². The van der Waals surface area contributed by atoms with E-state index in [2.05, 4.69) is 5.32 Å². The van der Waals surface area contributed by atoms with E-state index in [4.69, 9.17) is 5.73 Å². The summed E-state index contributed by atoms with van der Waals surface area (Å²) in [6, 6.07) is 0. The van der Waals surface area contributed by atoms with E-state index in [0.717, 1.165) is 6.42 Å². The molecule has 1 amide bonds. The Bertz CT molecular complexity index is 353. The number of hydrogen-bond acceptors (Lipinski definition) is 4. The van der Waals surface area contributed by atoms with Gasteiger partial charge in [0, 0.05) is 26.1 Å². The Morgan fingerprint density at radius 1 is 1.37 bits per heavy atom. The van der Waals surface area contributed by atoms with Gasteiger partial charge in [0.05, 0.1) is 6.26 Å². The van der Waals surface area contributed by atoms with Crippen LogP contribution in [-0.2, 0) is 14.8 Å². The maximum absolute atomic E-state index is 11.6. The fourth-order valence-corrected chi connectivity index (χ4v) is 2.70. The first-order valence-electron chi connectivity index (χ1n) is 6.77. The van der Waals surface area contributed by atoms with Gasteiger partial charge in [-0.15, -0.1) is 0 Å². The average Bonchev–Trinajstić information content (AvgIpc) is 2.34. The number of rotatable bonds is 10. The molecule has 0 saturated carbocycles. The van der Waals surface area contributed by atoms with Crippen LogP contribution in [0.4, 0.5) is 0 Å². The van der Waals surface area contributed by atoms with Crippen molar-refractivity contribution in [2.75, 3.05) is 32.4 Å². The number of nitrogens with two attached hydrogens (primary N) is 1. The van der Waals surface area contributed by atoms with Gasteiger partial charge in [-0.25, -0.2) is 12.7 Å². The van der Waals surface area contributed by atoms with Crippen LogP contribution >= 0.6 is 0 Å². The molecule has 0 aromatic carbocycles. The van der Waals surface area contributed by atoms with E-state index in [0.29, 0.717) is 39.0 Å². The zero-order chi connectivity index (χ0) is 14.9. The molecule has 0 heterocycles. The van der Waals surface area contributed by atoms with Crippen LogP contribution in [0.2, 0.25) is 0 Å². The van der Waals surface area contributed by atoms with Crippen molar-refractivity contribution in [2.45, 2.75) is 33.1 Å². The quantitative estimate of drug-likeness (QED) is 0.561. The highest BCUT2D eigenvalue weighted by molar-refractivity contribution is 7.88. The van der Waals surface area contributed by atoms with Gasteiger partial charge in [0.2, 0.25) is 15.9 Å². The number of hydrogen-bond donors (Lipinski definition) is 2. The topological polar surface area (TPSA) is 92.5 Å². The molecule has 19 heavy (non-hydrogen) atoms. The summed E-state index contributed by atoms with van der Waals surface area (Å²) >= 11 is 0. The molecule has 0 spiro atoms. The molecule has 6 nitrogen and oxygen atoms in total. The van der Waals surface area contributed by atoms with Gasteiger partial charge in [-0.05, 0) is 18.9 Å². The molecule has 0 aromatic rings. The van der Waals surface area contributed by atoms with Gasteiger partial charge in [0.15, 0.2) is 0 Å². The molecule has 3 N–H and O–H groups in total. The fraction of sp³-hybridized carbons (Fsp3) is 0.917. The maximum atomic E-state index is 11.6. The van der Waals surface area contributed by atoms with Crippen LogP contribution in [0.15, 0.2) is 0 Å². The summed E-state index contributed by atoms with van der Waals surface area (Å²) in [5.74, 6) is 0.211. The predicted octanol–water partition coefficient (Wildman–Crippen LogP) is 0.149. The Morgan fingerprint density at radius 3 is 2.42 bits per heavy atom. The van der Waals surface area contributed by atoms with E-state index >= 15 is 0 Å². The maximum Gasteiger partial charge on any atom is 0.220 e. The van der Waals surface area contributed by atoms with Gasteiger partial charge in [-0.1, -0.05) is 20.3 Å². The Hall–Kier alpha value is -0.660. The predicted molar refractivity (Wildman–Crippen MR) is 77.2 cm³/mol. The van der Waals surface area contributed by atoms with Crippen LogP contribution in [0.5, 0.6) is 0 Å². The highest BCUT2D eigenvalue weighted by Crippen LogP contribution is 2.05. The first kappa shape index (κ1) is 18.3. The van der Waals surface area contributed by atoms with Crippen LogP contribution in [0.3, 0.4) is 0 Å². The molecule has 1 unspecified atom stereocenters. The van der Waals surface area contributed by atoms with Crippen molar-refractivity contribution < 1.29 is 13.2 Å². The largest absolute Gasteiger partial charge is 0.356 e. The third-order valence-electron chi connectivity index (χ3n) is 3.11. The average molecular weight is 293 g/mol. The van der Waals surface area contributed by atoms with Gasteiger partial charge >= 0.3 is 0 Å². The van der Waals surface area contributed by atoms with Crippen molar-refractivity contribution in [1.82, 2.24) is 9.62 Å². The van der Waals surface area contributed by atoms with Crippen LogP contribution in [0.25, 0.3) is 0 Å². The molecule has 1 atom stereocenters. The minimum Gasteiger partial charge on any atom is -0.356 e. The molecule has 0 saturated heterocycles. The Labute approximate surface area is 116 Å². The molecule has 0 aliphatic heterocycles. The summed E-state index contributed by atoms with van der Waals surface area (Å²) in [4.78, 5) is 11.6. The second-order valence-electron chi connectivity index (χ2n) is 4.67. The zero-order valence-electron chi connectivity index (χ0n) is 12.2. The summed E-state index contributed by atoms with van der Waals surface area (Å²) in [5, 5.41) is 2.80. The lowest BCUT2D eigenvalue weighted by atomic mass is 10.0. The SMILES string of the molecule is CCC(CN)CC(=O)NCCCN(CC)S(C)(=O)=O. The Kier molecular flexibility index (Phi) is 8.95. The molecule has 0 aliphatic rings. The first-order valence-corrected chi connectivity index (χ1v) is 8.61. The van der Waals surface area contributed by atoms with Crippen LogP contribution in [-0.4, -0.2) is 51.1 Å². The first-order chi connectivity index (χ1) is 8.85. The second kappa shape index (κ2) is 9.28. The molecule has 0 aromatic heterocycles. The van der Waals surface area contributed by atoms with E-state index in [1.807, 2.05) is 6.92 Å². The standard InChI is InChI=1S/C12H27N3O3S/c1-4-11(10-13)9-12(16)14-7-6-8-15(5-2)19(3,17)18/h11H,4-10,13H2,1-3H3,(H,14,16). The lowest BCUT2D eigenvalue weighted by molar-refractivity contribution is -0.122. The van der Waals surface area contributed by atoms with Gasteiger partial charge < -0.3 is 11.1 Å². The van der Waals surface area contributed by atoms with Gasteiger partial charge in [-0.3, -0.25) is 4.79 Å². The summed E-state index contributed by atoms with van der Waals surface area (Å²) < 4.78 is 24.1. The van der Waals surface area contributed by atoms with E-state index in [1.165, 1.54) is 10.6 Å². The molecule has 0 bridgehead atoms. The van der Waals surface area contributed by atoms with Crippen molar-refractivity contribution in [3.8, 4) is 0 Å². The molecular weight excluding hydrogens is 266 g/mol. The summed E-state index contributed by atoms with van der Waals surface area (Å²) in [5.41, 5.74) is 5.54. The second-order valence-corrected chi connectivity index (χ2v) is 6.65. The van der Waals surface area contributed by atoms with Gasteiger partial charge in [0.1, 0.15) is 0 Å². The minimum atomic E-state index is -3.14. The van der Waals surface area contributed by atoms with Gasteiger partial charge in [0.25, 0.3) is 0 Å². The molecule has 0 aliphatic carbocycles. The summed E-state index contributed by atoms with van der Waals surface area (Å²) in [6.45, 7) is 5.71. The summed E-state index contributed by atoms with van der Waals surface area (Å²) in [7, 11) is -3.14. The Morgan fingerprint density at radius 2 is 2.00 bits per heavy atom. The zero-order valence-corrected chi connectivity index (χ0v) is 13.0. The van der Waals surface area contributed by atoms with Crippen LogP contribution < -0.4 is 11.1 Å². The number of nitrogens with zero attached hydrogens (tertiary/aromatic N) is 1. The lowest BCUT2D eigenvalue weighted by Crippen LogP contribution is -2.34. The Balaban J connectivity index is 3.88. The molecule has 0 rings (SSSR count). The van der Waals surface area contributed by atoms with E-state index < -0.39 is 10.0 Å². The van der Waals surface area contributed by atoms with Crippen molar-refractivity contribution in [3.05, 3.63) is 0 Å². The molecule has 7 heteroatoms. The third-order valence-corrected chi connectivity index (χ3v) is 4.49. The number of sulfonamides is 1. The highest BCUT2D eigenvalue weighted by atomic mass is 32.2. The van der Waals surface area contributed by atoms with Crippen LogP contribution in [0.1, 0.15) is 33.1 Å². The molecule has 0 fully saturated rings. The highest BCUT2D eigenvalue weighted by Gasteiger charge is 2.14. The number of amides is 1. The molecule has 114 valence electrons. The molecule has 0 radical (unpaired) electrons. The minimum absolute atomic E-state index is 0.0142. The van der Waals surface area contributed by atoms with E-state index in [-0.39, 0.29) is 11.8 Å². The van der Waals surface area contributed by atoms with E-state index in [9.17, 15) is 13.2 Å². The van der Waals surface area contributed by atoms with Crippen LogP contribution in [0, 0.1) is 5.92 Å². The molecular formula is C12H27N3O3S. The van der Waals surface area contributed by atoms with Crippen molar-refractivity contribution in [3.63, 3.8) is 0 Å². The lowest BCUT2D eigenvalue weighted by Gasteiger charge is -2.18. The number of carbonyl (C=O) groups is 1. The number of carbonyl (C=O) groups excluding carboxylic acids is 1.